The second kappa shape index (κ2) is 5.69. The Morgan fingerprint density at radius 3 is 2.61 bits per heavy atom. The molecule has 2 saturated heterocycles. The van der Waals surface area contributed by atoms with Crippen molar-refractivity contribution in [2.24, 2.45) is 11.8 Å². The molecule has 18 heavy (non-hydrogen) atoms. The molecule has 0 saturated carbocycles. The molecule has 2 fully saturated rings. The van der Waals surface area contributed by atoms with Crippen LogP contribution in [0.25, 0.3) is 0 Å². The van der Waals surface area contributed by atoms with Crippen LogP contribution in [-0.2, 0) is 14.3 Å². The summed E-state index contributed by atoms with van der Waals surface area (Å²) in [5.41, 5.74) is 0. The first-order valence-corrected chi connectivity index (χ1v) is 6.70. The lowest BCUT2D eigenvalue weighted by molar-refractivity contribution is -0.150. The fourth-order valence-electron chi connectivity index (χ4n) is 2.89. The third-order valence-electron chi connectivity index (χ3n) is 4.02. The second-order valence-corrected chi connectivity index (χ2v) is 5.35. The molecular formula is C13H21NO4. The number of ether oxygens (including phenoxy) is 1. The number of carbonyl (C=O) groups is 2. The molecule has 0 radical (unpaired) electrons. The zero-order chi connectivity index (χ0) is 13.1. The van der Waals surface area contributed by atoms with Crippen molar-refractivity contribution in [3.63, 3.8) is 0 Å². The van der Waals surface area contributed by atoms with E-state index in [-0.39, 0.29) is 23.8 Å². The molecule has 0 aliphatic carbocycles. The lowest BCUT2D eigenvalue weighted by Crippen LogP contribution is -2.49. The number of hydrogen-bond donors (Lipinski definition) is 1. The van der Waals surface area contributed by atoms with Crippen molar-refractivity contribution in [1.82, 2.24) is 4.90 Å². The van der Waals surface area contributed by atoms with Crippen LogP contribution in [0.4, 0.5) is 0 Å². The minimum Gasteiger partial charge on any atom is -0.481 e. The third-order valence-corrected chi connectivity index (χ3v) is 4.02. The first kappa shape index (κ1) is 13.3. The summed E-state index contributed by atoms with van der Waals surface area (Å²) in [6, 6.07) is 0.0225. The predicted octanol–water partition coefficient (Wildman–Crippen LogP) is 1.12. The van der Waals surface area contributed by atoms with Crippen LogP contribution in [0.3, 0.4) is 0 Å². The largest absolute Gasteiger partial charge is 0.481 e. The van der Waals surface area contributed by atoms with E-state index in [1.807, 2.05) is 11.8 Å². The molecule has 2 heterocycles. The highest BCUT2D eigenvalue weighted by molar-refractivity contribution is 5.80. The summed E-state index contributed by atoms with van der Waals surface area (Å²) in [7, 11) is 0. The molecule has 5 nitrogen and oxygen atoms in total. The number of carbonyl (C=O) groups excluding carboxylic acids is 1. The van der Waals surface area contributed by atoms with Crippen molar-refractivity contribution in [1.29, 1.82) is 0 Å². The molecule has 0 bridgehead atoms. The zero-order valence-corrected chi connectivity index (χ0v) is 10.8. The van der Waals surface area contributed by atoms with Gasteiger partial charge in [0, 0.05) is 19.2 Å². The average Bonchev–Trinajstić information content (AvgIpc) is 2.38. The van der Waals surface area contributed by atoms with Crippen LogP contribution < -0.4 is 0 Å². The van der Waals surface area contributed by atoms with Gasteiger partial charge in [-0.1, -0.05) is 0 Å². The molecule has 102 valence electrons. The smallest absolute Gasteiger partial charge is 0.306 e. The standard InChI is InChI=1S/C13H21NO4/c1-9-7-10(13(16)17)4-5-14(9)12(15)11-3-2-6-18-8-11/h9-11H,2-8H2,1H3,(H,16,17). The van der Waals surface area contributed by atoms with Gasteiger partial charge < -0.3 is 14.7 Å². The number of carboxylic acids is 1. The maximum Gasteiger partial charge on any atom is 0.306 e. The number of amides is 1. The van der Waals surface area contributed by atoms with Crippen molar-refractivity contribution >= 4 is 11.9 Å². The summed E-state index contributed by atoms with van der Waals surface area (Å²) in [6.45, 7) is 3.77. The molecular weight excluding hydrogens is 234 g/mol. The summed E-state index contributed by atoms with van der Waals surface area (Å²) in [5, 5.41) is 9.01. The zero-order valence-electron chi connectivity index (χ0n) is 10.8. The highest BCUT2D eigenvalue weighted by Crippen LogP contribution is 2.26. The van der Waals surface area contributed by atoms with E-state index >= 15 is 0 Å². The Morgan fingerprint density at radius 2 is 2.06 bits per heavy atom. The Morgan fingerprint density at radius 1 is 1.28 bits per heavy atom. The van der Waals surface area contributed by atoms with Gasteiger partial charge in [0.15, 0.2) is 0 Å². The van der Waals surface area contributed by atoms with Gasteiger partial charge in [-0.15, -0.1) is 0 Å². The van der Waals surface area contributed by atoms with Crippen LogP contribution in [-0.4, -0.2) is 47.7 Å². The molecule has 0 aromatic carbocycles. The fraction of sp³-hybridized carbons (Fsp3) is 0.846. The first-order valence-electron chi connectivity index (χ1n) is 6.70. The van der Waals surface area contributed by atoms with E-state index in [1.54, 1.807) is 0 Å². The van der Waals surface area contributed by atoms with E-state index < -0.39 is 5.97 Å². The number of aliphatic carboxylic acids is 1. The van der Waals surface area contributed by atoms with Crippen LogP contribution in [0.15, 0.2) is 0 Å². The van der Waals surface area contributed by atoms with E-state index in [9.17, 15) is 9.59 Å². The monoisotopic (exact) mass is 255 g/mol. The number of likely N-dealkylation sites (tertiary alicyclic amines) is 1. The van der Waals surface area contributed by atoms with Crippen molar-refractivity contribution in [2.75, 3.05) is 19.8 Å². The highest BCUT2D eigenvalue weighted by atomic mass is 16.5. The van der Waals surface area contributed by atoms with Gasteiger partial charge in [0.1, 0.15) is 0 Å². The van der Waals surface area contributed by atoms with Crippen molar-refractivity contribution in [3.05, 3.63) is 0 Å². The number of carboxylic acid groups (broad SMARTS) is 1. The SMILES string of the molecule is CC1CC(C(=O)O)CCN1C(=O)C1CCCOC1. The average molecular weight is 255 g/mol. The van der Waals surface area contributed by atoms with E-state index in [0.717, 1.165) is 19.4 Å². The van der Waals surface area contributed by atoms with Crippen LogP contribution in [0, 0.1) is 11.8 Å². The van der Waals surface area contributed by atoms with Gasteiger partial charge in [-0.3, -0.25) is 9.59 Å². The minimum atomic E-state index is -0.741. The molecule has 1 amide bonds. The van der Waals surface area contributed by atoms with Crippen LogP contribution in [0.2, 0.25) is 0 Å². The van der Waals surface area contributed by atoms with Gasteiger partial charge in [-0.25, -0.2) is 0 Å². The van der Waals surface area contributed by atoms with Gasteiger partial charge in [-0.05, 0) is 32.6 Å². The second-order valence-electron chi connectivity index (χ2n) is 5.35. The maximum atomic E-state index is 12.3. The molecule has 3 atom stereocenters. The molecule has 3 unspecified atom stereocenters. The normalized spacial score (nSPS) is 33.2. The lowest BCUT2D eigenvalue weighted by atomic mass is 9.90. The first-order chi connectivity index (χ1) is 8.59. The summed E-state index contributed by atoms with van der Waals surface area (Å²) in [6.07, 6.45) is 2.97. The Labute approximate surface area is 107 Å². The van der Waals surface area contributed by atoms with Crippen LogP contribution >= 0.6 is 0 Å². The Kier molecular flexibility index (Phi) is 4.22. The third kappa shape index (κ3) is 2.83. The number of piperidine rings is 1. The van der Waals surface area contributed by atoms with Gasteiger partial charge in [0.25, 0.3) is 0 Å². The highest BCUT2D eigenvalue weighted by Gasteiger charge is 2.35. The Balaban J connectivity index is 1.93. The van der Waals surface area contributed by atoms with Crippen molar-refractivity contribution < 1.29 is 19.4 Å². The van der Waals surface area contributed by atoms with Gasteiger partial charge >= 0.3 is 5.97 Å². The van der Waals surface area contributed by atoms with Crippen LogP contribution in [0.1, 0.15) is 32.6 Å². The van der Waals surface area contributed by atoms with Gasteiger partial charge in [0.05, 0.1) is 18.4 Å². The Hall–Kier alpha value is -1.10. The summed E-state index contributed by atoms with van der Waals surface area (Å²) < 4.78 is 5.35. The molecule has 2 rings (SSSR count). The van der Waals surface area contributed by atoms with E-state index in [0.29, 0.717) is 26.0 Å². The van der Waals surface area contributed by atoms with Gasteiger partial charge in [0.2, 0.25) is 5.91 Å². The molecule has 0 spiro atoms. The molecule has 0 aromatic heterocycles. The molecule has 2 aliphatic rings. The fourth-order valence-corrected chi connectivity index (χ4v) is 2.89. The molecule has 5 heteroatoms. The quantitative estimate of drug-likeness (QED) is 0.803. The number of hydrogen-bond acceptors (Lipinski definition) is 3. The van der Waals surface area contributed by atoms with E-state index in [2.05, 4.69) is 0 Å². The number of nitrogens with zero attached hydrogens (tertiary/aromatic N) is 1. The summed E-state index contributed by atoms with van der Waals surface area (Å²) >= 11 is 0. The summed E-state index contributed by atoms with van der Waals surface area (Å²) in [4.78, 5) is 25.1. The molecule has 1 N–H and O–H groups in total. The minimum absolute atomic E-state index is 0.0225. The molecule has 0 aromatic rings. The molecule has 2 aliphatic heterocycles. The Bertz CT molecular complexity index is 325. The van der Waals surface area contributed by atoms with Crippen molar-refractivity contribution in [3.8, 4) is 0 Å². The number of rotatable bonds is 2. The van der Waals surface area contributed by atoms with Gasteiger partial charge in [-0.2, -0.15) is 0 Å². The van der Waals surface area contributed by atoms with Crippen molar-refractivity contribution in [2.45, 2.75) is 38.6 Å². The maximum absolute atomic E-state index is 12.3. The summed E-state index contributed by atoms with van der Waals surface area (Å²) in [5.74, 6) is -0.921. The lowest BCUT2D eigenvalue weighted by Gasteiger charge is -2.38. The topological polar surface area (TPSA) is 66.8 Å². The van der Waals surface area contributed by atoms with E-state index in [4.69, 9.17) is 9.84 Å². The van der Waals surface area contributed by atoms with Crippen LogP contribution in [0.5, 0.6) is 0 Å². The predicted molar refractivity (Wildman–Crippen MR) is 65.1 cm³/mol. The van der Waals surface area contributed by atoms with E-state index in [1.165, 1.54) is 0 Å².